The molecule has 3 N–H and O–H groups in total. The first-order valence-corrected chi connectivity index (χ1v) is 5.21. The summed E-state index contributed by atoms with van der Waals surface area (Å²) in [6.07, 6.45) is -2.72. The predicted octanol–water partition coefficient (Wildman–Crippen LogP) is -1.40. The lowest BCUT2D eigenvalue weighted by atomic mass is 10.3. The molecule has 0 aliphatic rings. The van der Waals surface area contributed by atoms with Gasteiger partial charge in [0.25, 0.3) is 10.1 Å². The number of carbonyl (C=O) groups excluding carboxylic acids is 1. The van der Waals surface area contributed by atoms with E-state index in [-0.39, 0.29) is 0 Å². The molecule has 0 spiro atoms. The summed E-state index contributed by atoms with van der Waals surface area (Å²) in [5.74, 6) is -3.12. The van der Waals surface area contributed by atoms with Gasteiger partial charge in [-0.3, -0.25) is 14.1 Å². The predicted molar refractivity (Wildman–Crippen MR) is 45.4 cm³/mol. The third-order valence-corrected chi connectivity index (χ3v) is 2.35. The standard InChI is InChI=1S/C6H10O8S/c1-3(7)14-6(10)4(2-5(8)9)15(11,12)13/h3-4,7H,2H2,1H3,(H,8,9)(H,11,12,13). The van der Waals surface area contributed by atoms with Crippen LogP contribution in [0, 0.1) is 0 Å². The number of carbonyl (C=O) groups is 2. The molecule has 0 fully saturated rings. The van der Waals surface area contributed by atoms with E-state index >= 15 is 0 Å². The van der Waals surface area contributed by atoms with E-state index in [1.54, 1.807) is 0 Å². The molecule has 8 nitrogen and oxygen atoms in total. The Morgan fingerprint density at radius 2 is 1.87 bits per heavy atom. The van der Waals surface area contributed by atoms with Gasteiger partial charge in [0.2, 0.25) is 0 Å². The van der Waals surface area contributed by atoms with Crippen LogP contribution in [-0.2, 0) is 24.4 Å². The van der Waals surface area contributed by atoms with Crippen LogP contribution in [0.5, 0.6) is 0 Å². The fraction of sp³-hybridized carbons (Fsp3) is 0.667. The molecule has 0 aromatic heterocycles. The highest BCUT2D eigenvalue weighted by molar-refractivity contribution is 7.87. The Morgan fingerprint density at radius 3 is 2.13 bits per heavy atom. The van der Waals surface area contributed by atoms with E-state index in [2.05, 4.69) is 4.74 Å². The number of carboxylic acids is 1. The van der Waals surface area contributed by atoms with Gasteiger partial charge in [0.05, 0.1) is 6.42 Å². The van der Waals surface area contributed by atoms with E-state index in [1.807, 2.05) is 0 Å². The van der Waals surface area contributed by atoms with Crippen molar-refractivity contribution in [2.45, 2.75) is 24.9 Å². The van der Waals surface area contributed by atoms with Gasteiger partial charge < -0.3 is 14.9 Å². The lowest BCUT2D eigenvalue weighted by Crippen LogP contribution is -2.35. The van der Waals surface area contributed by atoms with Crippen LogP contribution in [0.3, 0.4) is 0 Å². The Labute approximate surface area is 85.2 Å². The third kappa shape index (κ3) is 5.30. The first kappa shape index (κ1) is 13.8. The summed E-state index contributed by atoms with van der Waals surface area (Å²) in [7, 11) is -4.87. The Balaban J connectivity index is 4.80. The summed E-state index contributed by atoms with van der Waals surface area (Å²) in [5, 5.41) is 14.7. The van der Waals surface area contributed by atoms with E-state index in [1.165, 1.54) is 0 Å². The second-order valence-corrected chi connectivity index (χ2v) is 4.24. The molecule has 0 bridgehead atoms. The van der Waals surface area contributed by atoms with Gasteiger partial charge in [-0.25, -0.2) is 0 Å². The average molecular weight is 242 g/mol. The number of rotatable bonds is 5. The molecule has 0 aromatic rings. The van der Waals surface area contributed by atoms with Crippen LogP contribution in [0.25, 0.3) is 0 Å². The van der Waals surface area contributed by atoms with Gasteiger partial charge in [-0.15, -0.1) is 0 Å². The molecule has 0 aliphatic carbocycles. The summed E-state index contributed by atoms with van der Waals surface area (Å²) in [6.45, 7) is 1.03. The van der Waals surface area contributed by atoms with E-state index in [0.717, 1.165) is 6.92 Å². The number of carboxylic acid groups (broad SMARTS) is 1. The minimum absolute atomic E-state index is 1.03. The van der Waals surface area contributed by atoms with Gasteiger partial charge in [0, 0.05) is 0 Å². The second-order valence-electron chi connectivity index (χ2n) is 2.64. The molecule has 0 saturated carbocycles. The summed E-state index contributed by atoms with van der Waals surface area (Å²) in [5.41, 5.74) is 0. The Morgan fingerprint density at radius 1 is 1.40 bits per heavy atom. The number of aliphatic hydroxyl groups is 1. The van der Waals surface area contributed by atoms with Gasteiger partial charge in [0.15, 0.2) is 11.5 Å². The van der Waals surface area contributed by atoms with Crippen molar-refractivity contribution in [3.63, 3.8) is 0 Å². The molecular weight excluding hydrogens is 232 g/mol. The van der Waals surface area contributed by atoms with Crippen LogP contribution < -0.4 is 0 Å². The molecule has 2 unspecified atom stereocenters. The zero-order valence-electron chi connectivity index (χ0n) is 7.65. The molecular formula is C6H10O8S. The molecule has 0 saturated heterocycles. The van der Waals surface area contributed by atoms with Crippen molar-refractivity contribution in [2.24, 2.45) is 0 Å². The maximum atomic E-state index is 11.0. The smallest absolute Gasteiger partial charge is 0.329 e. The molecule has 0 radical (unpaired) electrons. The zero-order valence-corrected chi connectivity index (χ0v) is 8.47. The minimum atomic E-state index is -4.87. The second kappa shape index (κ2) is 5.05. The van der Waals surface area contributed by atoms with Gasteiger partial charge in [0.1, 0.15) is 0 Å². The van der Waals surface area contributed by atoms with Crippen LogP contribution in [0.4, 0.5) is 0 Å². The zero-order chi connectivity index (χ0) is 12.2. The molecule has 0 heterocycles. The molecule has 0 aliphatic heterocycles. The Hall–Kier alpha value is -1.19. The van der Waals surface area contributed by atoms with Crippen molar-refractivity contribution < 1.29 is 37.5 Å². The van der Waals surface area contributed by atoms with Gasteiger partial charge in [-0.05, 0) is 6.92 Å². The van der Waals surface area contributed by atoms with E-state index < -0.39 is 40.0 Å². The van der Waals surface area contributed by atoms with Crippen molar-refractivity contribution in [1.82, 2.24) is 0 Å². The summed E-state index contributed by atoms with van der Waals surface area (Å²) < 4.78 is 33.8. The first-order valence-electron chi connectivity index (χ1n) is 3.71. The minimum Gasteiger partial charge on any atom is -0.481 e. The quantitative estimate of drug-likeness (QED) is 0.304. The van der Waals surface area contributed by atoms with Crippen LogP contribution in [-0.4, -0.2) is 46.7 Å². The third-order valence-electron chi connectivity index (χ3n) is 1.27. The van der Waals surface area contributed by atoms with Crippen molar-refractivity contribution in [2.75, 3.05) is 0 Å². The Bertz CT molecular complexity index is 342. The number of hydrogen-bond acceptors (Lipinski definition) is 6. The normalized spacial score (nSPS) is 15.4. The monoisotopic (exact) mass is 242 g/mol. The van der Waals surface area contributed by atoms with Crippen molar-refractivity contribution in [3.8, 4) is 0 Å². The molecule has 15 heavy (non-hydrogen) atoms. The number of esters is 1. The van der Waals surface area contributed by atoms with Crippen molar-refractivity contribution >= 4 is 22.1 Å². The van der Waals surface area contributed by atoms with Gasteiger partial charge >= 0.3 is 11.9 Å². The van der Waals surface area contributed by atoms with Gasteiger partial charge in [-0.2, -0.15) is 8.42 Å². The SMILES string of the molecule is CC(O)OC(=O)C(CC(=O)O)S(=O)(=O)O. The fourth-order valence-corrected chi connectivity index (χ4v) is 1.36. The van der Waals surface area contributed by atoms with Crippen molar-refractivity contribution in [3.05, 3.63) is 0 Å². The van der Waals surface area contributed by atoms with Crippen LogP contribution in [0.2, 0.25) is 0 Å². The largest absolute Gasteiger partial charge is 0.481 e. The lowest BCUT2D eigenvalue weighted by Gasteiger charge is -2.12. The topological polar surface area (TPSA) is 138 Å². The molecule has 0 aromatic carbocycles. The molecule has 0 rings (SSSR count). The van der Waals surface area contributed by atoms with Crippen LogP contribution >= 0.6 is 0 Å². The Kier molecular flexibility index (Phi) is 4.65. The van der Waals surface area contributed by atoms with E-state index in [9.17, 15) is 18.0 Å². The van der Waals surface area contributed by atoms with Gasteiger partial charge in [-0.1, -0.05) is 0 Å². The number of hydrogen-bond donors (Lipinski definition) is 3. The van der Waals surface area contributed by atoms with Crippen molar-refractivity contribution in [1.29, 1.82) is 0 Å². The summed E-state index contributed by atoms with van der Waals surface area (Å²) in [6, 6.07) is 0. The maximum Gasteiger partial charge on any atom is 0.329 e. The van der Waals surface area contributed by atoms with E-state index in [4.69, 9.17) is 14.8 Å². The molecule has 9 heteroatoms. The molecule has 0 amide bonds. The average Bonchev–Trinajstić information content (AvgIpc) is 1.95. The lowest BCUT2D eigenvalue weighted by molar-refractivity contribution is -0.165. The van der Waals surface area contributed by atoms with Crippen LogP contribution in [0.1, 0.15) is 13.3 Å². The highest BCUT2D eigenvalue weighted by Crippen LogP contribution is 2.08. The number of ether oxygens (including phenoxy) is 1. The first-order chi connectivity index (χ1) is 6.64. The number of aliphatic hydroxyl groups excluding tert-OH is 1. The molecule has 2 atom stereocenters. The van der Waals surface area contributed by atoms with E-state index in [0.29, 0.717) is 0 Å². The summed E-state index contributed by atoms with van der Waals surface area (Å²) >= 11 is 0. The highest BCUT2D eigenvalue weighted by Gasteiger charge is 2.35. The number of aliphatic carboxylic acids is 1. The van der Waals surface area contributed by atoms with Crippen LogP contribution in [0.15, 0.2) is 0 Å². The molecule has 88 valence electrons. The summed E-state index contributed by atoms with van der Waals surface area (Å²) in [4.78, 5) is 21.2. The maximum absolute atomic E-state index is 11.0. The highest BCUT2D eigenvalue weighted by atomic mass is 32.2. The fourth-order valence-electron chi connectivity index (χ4n) is 0.713.